The number of aromatic nitrogens is 2. The molecule has 49 heavy (non-hydrogen) atoms. The van der Waals surface area contributed by atoms with Crippen molar-refractivity contribution in [1.29, 1.82) is 0 Å². The normalized spacial score (nSPS) is 22.5. The lowest BCUT2D eigenvalue weighted by atomic mass is 9.72. The van der Waals surface area contributed by atoms with Crippen LogP contribution < -0.4 is 15.0 Å². The molecule has 0 atom stereocenters. The average molecular weight is 697 g/mol. The first-order chi connectivity index (χ1) is 23.4. The summed E-state index contributed by atoms with van der Waals surface area (Å²) < 4.78 is 50.2. The van der Waals surface area contributed by atoms with Crippen LogP contribution in [0.5, 0.6) is 11.5 Å². The lowest BCUT2D eigenvalue weighted by Crippen LogP contribution is -2.73. The third-order valence-corrected chi connectivity index (χ3v) is 12.9. The van der Waals surface area contributed by atoms with Crippen LogP contribution in [0.25, 0.3) is 0 Å². The number of hydrogen-bond acceptors (Lipinski definition) is 9. The summed E-state index contributed by atoms with van der Waals surface area (Å²) >= 11 is 0. The maximum atomic E-state index is 14.4. The molecule has 1 aromatic heterocycles. The van der Waals surface area contributed by atoms with Crippen LogP contribution in [-0.4, -0.2) is 127 Å². The van der Waals surface area contributed by atoms with E-state index in [0.717, 1.165) is 65.1 Å². The summed E-state index contributed by atoms with van der Waals surface area (Å²) in [7, 11) is -3.38. The molecule has 1 amide bonds. The number of hydrogen-bond donors (Lipinski definition) is 1. The molecular formula is C35H49FN8O4S. The zero-order chi connectivity index (χ0) is 34.6. The molecule has 0 bridgehead atoms. The summed E-state index contributed by atoms with van der Waals surface area (Å²) in [5.74, 6) is 0.589. The molecule has 14 heteroatoms. The number of nitrogens with one attached hydrogen (secondary N) is 1. The summed E-state index contributed by atoms with van der Waals surface area (Å²) in [4.78, 5) is 28.7. The molecule has 0 unspecified atom stereocenters. The van der Waals surface area contributed by atoms with E-state index in [-0.39, 0.29) is 40.1 Å². The van der Waals surface area contributed by atoms with Crippen LogP contribution in [0.15, 0.2) is 42.4 Å². The van der Waals surface area contributed by atoms with E-state index in [1.165, 1.54) is 30.1 Å². The number of amides is 1. The summed E-state index contributed by atoms with van der Waals surface area (Å²) in [5, 5.41) is 3.26. The molecule has 5 aliphatic heterocycles. The fraction of sp³-hybridized carbons (Fsp3) is 0.629. The Hall–Kier alpha value is -3.17. The van der Waals surface area contributed by atoms with E-state index in [0.29, 0.717) is 37.7 Å². The molecule has 12 nitrogen and oxygen atoms in total. The van der Waals surface area contributed by atoms with Crippen LogP contribution in [0.3, 0.4) is 0 Å². The lowest BCUT2D eigenvalue weighted by Gasteiger charge is -2.55. The third-order valence-electron chi connectivity index (χ3n) is 11.0. The van der Waals surface area contributed by atoms with Gasteiger partial charge in [-0.25, -0.2) is 14.4 Å². The van der Waals surface area contributed by atoms with Gasteiger partial charge in [-0.05, 0) is 78.2 Å². The molecule has 0 radical (unpaired) electrons. The van der Waals surface area contributed by atoms with Crippen LogP contribution in [0.2, 0.25) is 0 Å². The van der Waals surface area contributed by atoms with Crippen molar-refractivity contribution in [1.82, 2.24) is 33.7 Å². The summed E-state index contributed by atoms with van der Waals surface area (Å²) in [6, 6.07) is 3.90. The van der Waals surface area contributed by atoms with Crippen molar-refractivity contribution < 1.29 is 22.3 Å². The van der Waals surface area contributed by atoms with Gasteiger partial charge in [-0.2, -0.15) is 17.0 Å². The van der Waals surface area contributed by atoms with Crippen LogP contribution in [0.1, 0.15) is 57.3 Å². The number of carbonyl (C=O) groups excluding carboxylic acids is 1. The minimum atomic E-state index is -3.38. The Morgan fingerprint density at radius 3 is 2.33 bits per heavy atom. The maximum absolute atomic E-state index is 14.4. The minimum Gasteiger partial charge on any atom is -0.451 e. The predicted octanol–water partition coefficient (Wildman–Crippen LogP) is 3.35. The number of benzene rings is 1. The Labute approximate surface area is 289 Å². The monoisotopic (exact) mass is 696 g/mol. The molecule has 6 heterocycles. The predicted molar refractivity (Wildman–Crippen MR) is 185 cm³/mol. The number of anilines is 1. The number of halogens is 1. The molecule has 0 saturated carbocycles. The number of piperidine rings is 1. The number of nitrogens with zero attached hydrogens (tertiary/aromatic N) is 7. The standard InChI is InChI=1S/C35H49FN8O4S/c1-25(2)44(26(3)4)33(45)29-15-28(36)5-6-30(29)48-31-16-37-24-39-32(31)41-20-34(21-41)9-13-40(14-10-34)17-27-7-11-42(12-8-27)49(46,47)43-22-35(23-43)18-38-19-35/h5-7,15-16,24-26,38H,8-14,17-23H2,1-4H3. The van der Waals surface area contributed by atoms with E-state index in [2.05, 4.69) is 31.2 Å². The Balaban J connectivity index is 0.930. The Bertz CT molecular complexity index is 1680. The molecule has 1 N–H and O–H groups in total. The second kappa shape index (κ2) is 13.2. The first kappa shape index (κ1) is 34.3. The second-order valence-corrected chi connectivity index (χ2v) is 17.3. The SMILES string of the molecule is CC(C)N(C(=O)c1cc(F)ccc1Oc1cncnc1N1CC2(CCN(CC3=CCN(S(=O)(=O)N4CC5(CNC5)C4)CC3)CC2)C1)C(C)C. The van der Waals surface area contributed by atoms with E-state index >= 15 is 0 Å². The van der Waals surface area contributed by atoms with Gasteiger partial charge in [-0.1, -0.05) is 11.6 Å². The quantitative estimate of drug-likeness (QED) is 0.374. The van der Waals surface area contributed by atoms with Gasteiger partial charge in [0.1, 0.15) is 17.9 Å². The van der Waals surface area contributed by atoms with Crippen LogP contribution in [-0.2, 0) is 10.2 Å². The highest BCUT2D eigenvalue weighted by Crippen LogP contribution is 2.45. The van der Waals surface area contributed by atoms with E-state index in [1.54, 1.807) is 19.7 Å². The Morgan fingerprint density at radius 1 is 1.00 bits per heavy atom. The van der Waals surface area contributed by atoms with Crippen molar-refractivity contribution >= 4 is 21.9 Å². The zero-order valence-corrected chi connectivity index (χ0v) is 29.9. The van der Waals surface area contributed by atoms with Gasteiger partial charge in [0, 0.05) is 81.8 Å². The lowest BCUT2D eigenvalue weighted by molar-refractivity contribution is 0.0125. The first-order valence-corrected chi connectivity index (χ1v) is 19.0. The highest BCUT2D eigenvalue weighted by molar-refractivity contribution is 7.86. The van der Waals surface area contributed by atoms with Gasteiger partial charge in [0.25, 0.3) is 16.1 Å². The van der Waals surface area contributed by atoms with Crippen molar-refractivity contribution in [2.75, 3.05) is 76.9 Å². The van der Waals surface area contributed by atoms with Crippen molar-refractivity contribution in [3.63, 3.8) is 0 Å². The first-order valence-electron chi connectivity index (χ1n) is 17.6. The third kappa shape index (κ3) is 6.69. The summed E-state index contributed by atoms with van der Waals surface area (Å²) in [5.41, 5.74) is 1.87. The molecule has 7 rings (SSSR count). The largest absolute Gasteiger partial charge is 0.451 e. The van der Waals surface area contributed by atoms with Gasteiger partial charge in [-0.15, -0.1) is 0 Å². The van der Waals surface area contributed by atoms with Gasteiger partial charge in [0.15, 0.2) is 11.6 Å². The van der Waals surface area contributed by atoms with Gasteiger partial charge in [-0.3, -0.25) is 9.69 Å². The van der Waals surface area contributed by atoms with Gasteiger partial charge in [0.2, 0.25) is 0 Å². The average Bonchev–Trinajstić information content (AvgIpc) is 3.00. The molecule has 2 aromatic rings. The Kier molecular flexibility index (Phi) is 9.22. The number of likely N-dealkylation sites (tertiary alicyclic amines) is 1. The minimum absolute atomic E-state index is 0.0654. The highest BCUT2D eigenvalue weighted by Gasteiger charge is 2.53. The topological polar surface area (TPSA) is 114 Å². The Morgan fingerprint density at radius 2 is 1.71 bits per heavy atom. The molecule has 4 fully saturated rings. The molecule has 5 aliphatic rings. The van der Waals surface area contributed by atoms with Crippen LogP contribution in [0, 0.1) is 16.6 Å². The molecule has 1 aromatic carbocycles. The number of carbonyl (C=O) groups is 1. The van der Waals surface area contributed by atoms with Crippen LogP contribution in [0.4, 0.5) is 10.2 Å². The number of ether oxygens (including phenoxy) is 1. The van der Waals surface area contributed by atoms with E-state index in [9.17, 15) is 17.6 Å². The van der Waals surface area contributed by atoms with Crippen molar-refractivity contribution in [2.24, 2.45) is 10.8 Å². The zero-order valence-electron chi connectivity index (χ0n) is 29.1. The van der Waals surface area contributed by atoms with Crippen molar-refractivity contribution in [2.45, 2.75) is 59.0 Å². The van der Waals surface area contributed by atoms with E-state index < -0.39 is 16.0 Å². The molecule has 4 saturated heterocycles. The fourth-order valence-electron chi connectivity index (χ4n) is 8.18. The molecular weight excluding hydrogens is 648 g/mol. The van der Waals surface area contributed by atoms with Crippen molar-refractivity contribution in [3.05, 3.63) is 53.8 Å². The number of rotatable bonds is 10. The van der Waals surface area contributed by atoms with E-state index in [4.69, 9.17) is 4.74 Å². The fourth-order valence-corrected chi connectivity index (χ4v) is 9.96. The molecule has 0 aliphatic carbocycles. The van der Waals surface area contributed by atoms with Crippen LogP contribution >= 0.6 is 0 Å². The summed E-state index contributed by atoms with van der Waals surface area (Å²) in [6.45, 7) is 16.5. The van der Waals surface area contributed by atoms with Gasteiger partial charge < -0.3 is 19.9 Å². The second-order valence-electron chi connectivity index (χ2n) is 15.3. The molecule has 2 spiro atoms. The smallest absolute Gasteiger partial charge is 0.282 e. The maximum Gasteiger partial charge on any atom is 0.282 e. The molecule has 266 valence electrons. The highest BCUT2D eigenvalue weighted by atomic mass is 32.2. The van der Waals surface area contributed by atoms with Gasteiger partial charge in [0.05, 0.1) is 11.8 Å². The van der Waals surface area contributed by atoms with E-state index in [1.807, 2.05) is 27.7 Å². The summed E-state index contributed by atoms with van der Waals surface area (Å²) in [6.07, 6.45) is 8.15. The van der Waals surface area contributed by atoms with Gasteiger partial charge >= 0.3 is 0 Å². The van der Waals surface area contributed by atoms with Crippen molar-refractivity contribution in [3.8, 4) is 11.5 Å².